The molecule has 0 fully saturated rings. The van der Waals surface area contributed by atoms with E-state index < -0.39 is 11.4 Å². The molecule has 0 amide bonds. The van der Waals surface area contributed by atoms with Crippen molar-refractivity contribution in [3.8, 4) is 0 Å². The van der Waals surface area contributed by atoms with Crippen molar-refractivity contribution in [1.82, 2.24) is 0 Å². The minimum atomic E-state index is -4.21. The molecule has 0 saturated heterocycles. The number of benzene rings is 1. The molecule has 0 aliphatic carbocycles. The van der Waals surface area contributed by atoms with E-state index in [9.17, 15) is 13.2 Å². The van der Waals surface area contributed by atoms with Gasteiger partial charge < -0.3 is 5.73 Å². The van der Waals surface area contributed by atoms with E-state index in [1.165, 1.54) is 0 Å². The van der Waals surface area contributed by atoms with Crippen molar-refractivity contribution in [2.45, 2.75) is 17.2 Å². The highest BCUT2D eigenvalue weighted by Gasteiger charge is 2.38. The molecule has 1 rings (SSSR count). The number of rotatable bonds is 4. The lowest BCUT2D eigenvalue weighted by molar-refractivity contribution is -0.126. The zero-order valence-electron chi connectivity index (χ0n) is 8.00. The average molecular weight is 235 g/mol. The van der Waals surface area contributed by atoms with Gasteiger partial charge in [0.25, 0.3) is 0 Å². The maximum Gasteiger partial charge on any atom is 0.401 e. The summed E-state index contributed by atoms with van der Waals surface area (Å²) in [6, 6.07) is 9.05. The number of halogens is 3. The van der Waals surface area contributed by atoms with Crippen molar-refractivity contribution >= 4 is 11.8 Å². The Balaban J connectivity index is 2.49. The summed E-state index contributed by atoms with van der Waals surface area (Å²) in [6.07, 6.45) is -4.21. The van der Waals surface area contributed by atoms with Crippen LogP contribution in [0, 0.1) is 0 Å². The molecular formula is C10H12F3NS. The summed E-state index contributed by atoms with van der Waals surface area (Å²) in [6.45, 7) is -0.374. The zero-order valence-corrected chi connectivity index (χ0v) is 8.81. The normalized spacial score (nSPS) is 13.9. The molecule has 1 unspecified atom stereocenters. The average Bonchev–Trinajstić information content (AvgIpc) is 2.18. The molecule has 0 aliphatic rings. The third-order valence-corrected chi connectivity index (χ3v) is 3.24. The molecule has 0 aliphatic heterocycles. The molecule has 0 spiro atoms. The van der Waals surface area contributed by atoms with Crippen molar-refractivity contribution < 1.29 is 13.2 Å². The Morgan fingerprint density at radius 1 is 1.20 bits per heavy atom. The fourth-order valence-electron chi connectivity index (χ4n) is 1.07. The van der Waals surface area contributed by atoms with Gasteiger partial charge in [0.2, 0.25) is 0 Å². The molecule has 0 heterocycles. The highest BCUT2D eigenvalue weighted by Crippen LogP contribution is 2.31. The summed E-state index contributed by atoms with van der Waals surface area (Å²) in [5, 5.41) is -1.47. The highest BCUT2D eigenvalue weighted by molar-refractivity contribution is 7.99. The minimum Gasteiger partial charge on any atom is -0.329 e. The monoisotopic (exact) mass is 235 g/mol. The molecule has 1 aromatic rings. The standard InChI is InChI=1S/C10H12F3NS/c11-10(12,13)9(6-14)15-7-8-4-2-1-3-5-8/h1-5,9H,6-7,14H2. The van der Waals surface area contributed by atoms with Crippen LogP contribution in [0.1, 0.15) is 5.56 Å². The Morgan fingerprint density at radius 3 is 2.27 bits per heavy atom. The van der Waals surface area contributed by atoms with Crippen LogP contribution >= 0.6 is 11.8 Å². The first kappa shape index (κ1) is 12.4. The molecule has 0 aromatic heterocycles. The lowest BCUT2D eigenvalue weighted by Crippen LogP contribution is -2.33. The van der Waals surface area contributed by atoms with Crippen LogP contribution in [0.4, 0.5) is 13.2 Å². The number of hydrogen-bond acceptors (Lipinski definition) is 2. The van der Waals surface area contributed by atoms with Gasteiger partial charge in [-0.05, 0) is 5.56 Å². The van der Waals surface area contributed by atoms with Crippen LogP contribution in [0.25, 0.3) is 0 Å². The lowest BCUT2D eigenvalue weighted by Gasteiger charge is -2.17. The van der Waals surface area contributed by atoms with Crippen LogP contribution in [0.3, 0.4) is 0 Å². The van der Waals surface area contributed by atoms with Crippen LogP contribution < -0.4 is 5.73 Å². The first-order valence-electron chi connectivity index (χ1n) is 4.46. The fraction of sp³-hybridized carbons (Fsp3) is 0.400. The smallest absolute Gasteiger partial charge is 0.329 e. The van der Waals surface area contributed by atoms with Crippen LogP contribution in [0.15, 0.2) is 30.3 Å². The van der Waals surface area contributed by atoms with Gasteiger partial charge in [-0.3, -0.25) is 0 Å². The van der Waals surface area contributed by atoms with Gasteiger partial charge in [-0.15, -0.1) is 11.8 Å². The van der Waals surface area contributed by atoms with Crippen molar-refractivity contribution in [2.75, 3.05) is 6.54 Å². The summed E-state index contributed by atoms with van der Waals surface area (Å²) in [4.78, 5) is 0. The van der Waals surface area contributed by atoms with Crippen LogP contribution in [-0.2, 0) is 5.75 Å². The summed E-state index contributed by atoms with van der Waals surface area (Å²) in [5.41, 5.74) is 5.96. The van der Waals surface area contributed by atoms with Gasteiger partial charge in [-0.2, -0.15) is 13.2 Å². The molecule has 0 radical (unpaired) electrons. The van der Waals surface area contributed by atoms with Gasteiger partial charge in [-0.25, -0.2) is 0 Å². The molecule has 1 aromatic carbocycles. The molecule has 0 bridgehead atoms. The van der Waals surface area contributed by atoms with E-state index in [4.69, 9.17) is 5.73 Å². The van der Waals surface area contributed by atoms with Gasteiger partial charge in [0.05, 0.1) is 0 Å². The Hall–Kier alpha value is -0.680. The highest BCUT2D eigenvalue weighted by atomic mass is 32.2. The third-order valence-electron chi connectivity index (χ3n) is 1.87. The summed E-state index contributed by atoms with van der Waals surface area (Å²) >= 11 is 0.832. The number of alkyl halides is 3. The van der Waals surface area contributed by atoms with Gasteiger partial charge in [0, 0.05) is 12.3 Å². The molecule has 5 heteroatoms. The number of thioether (sulfide) groups is 1. The van der Waals surface area contributed by atoms with Gasteiger partial charge in [0.15, 0.2) is 0 Å². The Bertz CT molecular complexity index is 286. The summed E-state index contributed by atoms with van der Waals surface area (Å²) < 4.78 is 37.0. The Morgan fingerprint density at radius 2 is 1.80 bits per heavy atom. The van der Waals surface area contributed by atoms with Crippen molar-refractivity contribution in [1.29, 1.82) is 0 Å². The maximum atomic E-state index is 12.3. The zero-order chi connectivity index (χ0) is 11.3. The second kappa shape index (κ2) is 5.42. The molecule has 1 atom stereocenters. The quantitative estimate of drug-likeness (QED) is 0.868. The first-order valence-corrected chi connectivity index (χ1v) is 5.51. The summed E-state index contributed by atoms with van der Waals surface area (Å²) in [5.74, 6) is 0.336. The minimum absolute atomic E-state index is 0.336. The molecular weight excluding hydrogens is 223 g/mol. The lowest BCUT2D eigenvalue weighted by atomic mass is 10.2. The Kier molecular flexibility index (Phi) is 4.47. The van der Waals surface area contributed by atoms with Crippen molar-refractivity contribution in [3.05, 3.63) is 35.9 Å². The van der Waals surface area contributed by atoms with E-state index in [0.29, 0.717) is 5.75 Å². The molecule has 2 N–H and O–H groups in total. The molecule has 0 saturated carbocycles. The van der Waals surface area contributed by atoms with E-state index >= 15 is 0 Å². The topological polar surface area (TPSA) is 26.0 Å². The van der Waals surface area contributed by atoms with Crippen LogP contribution in [-0.4, -0.2) is 18.0 Å². The number of nitrogens with two attached hydrogens (primary N) is 1. The molecule has 15 heavy (non-hydrogen) atoms. The van der Waals surface area contributed by atoms with E-state index in [0.717, 1.165) is 17.3 Å². The maximum absolute atomic E-state index is 12.3. The molecule has 1 nitrogen and oxygen atoms in total. The third kappa shape index (κ3) is 4.13. The van der Waals surface area contributed by atoms with Gasteiger partial charge in [0.1, 0.15) is 5.25 Å². The predicted octanol–water partition coefficient (Wildman–Crippen LogP) is 2.81. The fourth-order valence-corrected chi connectivity index (χ4v) is 1.98. The Labute approximate surface area is 90.9 Å². The van der Waals surface area contributed by atoms with E-state index in [1.807, 2.05) is 6.07 Å². The van der Waals surface area contributed by atoms with E-state index in [-0.39, 0.29) is 6.54 Å². The first-order chi connectivity index (χ1) is 7.04. The second-order valence-electron chi connectivity index (χ2n) is 3.06. The molecule has 84 valence electrons. The van der Waals surface area contributed by atoms with Crippen LogP contribution in [0.2, 0.25) is 0 Å². The van der Waals surface area contributed by atoms with Gasteiger partial charge in [-0.1, -0.05) is 30.3 Å². The van der Waals surface area contributed by atoms with Crippen molar-refractivity contribution in [3.63, 3.8) is 0 Å². The number of hydrogen-bond donors (Lipinski definition) is 1. The second-order valence-corrected chi connectivity index (χ2v) is 4.25. The van der Waals surface area contributed by atoms with E-state index in [2.05, 4.69) is 0 Å². The van der Waals surface area contributed by atoms with Crippen LogP contribution in [0.5, 0.6) is 0 Å². The van der Waals surface area contributed by atoms with Gasteiger partial charge >= 0.3 is 6.18 Å². The van der Waals surface area contributed by atoms with Crippen molar-refractivity contribution in [2.24, 2.45) is 5.73 Å². The summed E-state index contributed by atoms with van der Waals surface area (Å²) in [7, 11) is 0. The SMILES string of the molecule is NCC(SCc1ccccc1)C(F)(F)F. The largest absolute Gasteiger partial charge is 0.401 e. The van der Waals surface area contributed by atoms with E-state index in [1.54, 1.807) is 24.3 Å². The predicted molar refractivity (Wildman–Crippen MR) is 56.6 cm³/mol.